The Morgan fingerprint density at radius 3 is 1.56 bits per heavy atom. The lowest BCUT2D eigenvalue weighted by Crippen LogP contribution is -1.91. The molecule has 0 spiro atoms. The molecule has 0 aliphatic rings. The van der Waals surface area contributed by atoms with Crippen molar-refractivity contribution in [2.45, 2.75) is 0 Å². The first-order chi connectivity index (χ1) is 21.3. The van der Waals surface area contributed by atoms with E-state index in [0.29, 0.717) is 0 Å². The van der Waals surface area contributed by atoms with Crippen LogP contribution in [0.1, 0.15) is 0 Å². The average Bonchev–Trinajstić information content (AvgIpc) is 3.46. The second-order valence-electron chi connectivity index (χ2n) is 11.3. The second-order valence-corrected chi connectivity index (χ2v) is 11.3. The van der Waals surface area contributed by atoms with Gasteiger partial charge in [-0.05, 0) is 84.6 Å². The van der Waals surface area contributed by atoms with E-state index in [9.17, 15) is 0 Å². The van der Waals surface area contributed by atoms with E-state index in [1.807, 2.05) is 0 Å². The summed E-state index contributed by atoms with van der Waals surface area (Å²) >= 11 is 0. The molecule has 0 bridgehead atoms. The molecule has 1 heterocycles. The van der Waals surface area contributed by atoms with Crippen LogP contribution >= 0.6 is 0 Å². The maximum atomic E-state index is 6.46. The molecule has 43 heavy (non-hydrogen) atoms. The first-order valence-electron chi connectivity index (χ1n) is 14.8. The van der Waals surface area contributed by atoms with Crippen LogP contribution in [0.25, 0.3) is 87.6 Å². The highest BCUT2D eigenvalue weighted by Gasteiger charge is 2.18. The molecule has 0 radical (unpaired) electrons. The van der Waals surface area contributed by atoms with E-state index in [-0.39, 0.29) is 0 Å². The van der Waals surface area contributed by atoms with Crippen LogP contribution in [-0.4, -0.2) is 0 Å². The Balaban J connectivity index is 1.33. The molecule has 0 fully saturated rings. The van der Waals surface area contributed by atoms with Crippen molar-refractivity contribution in [2.75, 3.05) is 0 Å². The lowest BCUT2D eigenvalue weighted by atomic mass is 9.85. The van der Waals surface area contributed by atoms with Crippen LogP contribution in [-0.2, 0) is 0 Å². The Morgan fingerprint density at radius 1 is 0.302 bits per heavy atom. The Morgan fingerprint density at radius 2 is 0.860 bits per heavy atom. The van der Waals surface area contributed by atoms with E-state index in [0.717, 1.165) is 27.3 Å². The molecule has 1 heteroatoms. The predicted octanol–water partition coefficient (Wildman–Crippen LogP) is 12.0. The molecule has 8 aromatic carbocycles. The maximum Gasteiger partial charge on any atom is 0.143 e. The molecule has 1 aromatic heterocycles. The zero-order valence-electron chi connectivity index (χ0n) is 23.4. The standard InChI is InChI=1S/C42H26O/c1-2-11-27(12-3-1)29-14-10-15-30(25-29)40-33-17-6-8-19-35(33)41(36-20-9-7-18-34(36)40)31-22-24-39-38(26-31)37-23-21-28-13-4-5-16-32(28)42(37)43-39/h1-26H. The topological polar surface area (TPSA) is 13.1 Å². The monoisotopic (exact) mass is 546 g/mol. The Kier molecular flexibility index (Phi) is 5.27. The summed E-state index contributed by atoms with van der Waals surface area (Å²) in [6, 6.07) is 56.8. The molecule has 0 N–H and O–H groups in total. The minimum atomic E-state index is 0.915. The molecule has 0 aliphatic carbocycles. The summed E-state index contributed by atoms with van der Waals surface area (Å²) in [5, 5.41) is 9.64. The maximum absolute atomic E-state index is 6.46. The van der Waals surface area contributed by atoms with Crippen molar-refractivity contribution in [3.63, 3.8) is 0 Å². The minimum Gasteiger partial charge on any atom is -0.455 e. The van der Waals surface area contributed by atoms with Gasteiger partial charge in [-0.2, -0.15) is 0 Å². The molecule has 9 aromatic rings. The number of furan rings is 1. The smallest absolute Gasteiger partial charge is 0.143 e. The van der Waals surface area contributed by atoms with Gasteiger partial charge in [0, 0.05) is 16.2 Å². The van der Waals surface area contributed by atoms with E-state index in [2.05, 4.69) is 158 Å². The first-order valence-corrected chi connectivity index (χ1v) is 14.8. The fraction of sp³-hybridized carbons (Fsp3) is 0. The van der Waals surface area contributed by atoms with Crippen LogP contribution in [0.15, 0.2) is 162 Å². The SMILES string of the molecule is c1ccc(-c2cccc(-c3c4ccccc4c(-c4ccc5oc6c7ccccc7ccc6c5c4)c4ccccc34)c2)cc1. The van der Waals surface area contributed by atoms with Crippen molar-refractivity contribution in [1.82, 2.24) is 0 Å². The summed E-state index contributed by atoms with van der Waals surface area (Å²) in [7, 11) is 0. The van der Waals surface area contributed by atoms with E-state index in [4.69, 9.17) is 4.42 Å². The van der Waals surface area contributed by atoms with Crippen LogP contribution in [0.3, 0.4) is 0 Å². The summed E-state index contributed by atoms with van der Waals surface area (Å²) in [5.41, 5.74) is 9.26. The van der Waals surface area contributed by atoms with Crippen molar-refractivity contribution >= 4 is 54.3 Å². The van der Waals surface area contributed by atoms with Gasteiger partial charge < -0.3 is 4.42 Å². The molecular weight excluding hydrogens is 520 g/mol. The lowest BCUT2D eigenvalue weighted by Gasteiger charge is -2.18. The van der Waals surface area contributed by atoms with Gasteiger partial charge in [0.05, 0.1) is 0 Å². The zero-order valence-corrected chi connectivity index (χ0v) is 23.4. The third kappa shape index (κ3) is 3.72. The average molecular weight is 547 g/mol. The molecule has 0 saturated carbocycles. The fourth-order valence-electron chi connectivity index (χ4n) is 6.90. The minimum absolute atomic E-state index is 0.915. The van der Waals surface area contributed by atoms with Gasteiger partial charge in [0.25, 0.3) is 0 Å². The highest BCUT2D eigenvalue weighted by Crippen LogP contribution is 2.45. The molecule has 200 valence electrons. The normalized spacial score (nSPS) is 11.7. The van der Waals surface area contributed by atoms with Crippen molar-refractivity contribution < 1.29 is 4.42 Å². The quantitative estimate of drug-likeness (QED) is 0.201. The summed E-state index contributed by atoms with van der Waals surface area (Å²) in [6.45, 7) is 0. The highest BCUT2D eigenvalue weighted by molar-refractivity contribution is 6.23. The number of rotatable bonds is 3. The number of benzene rings is 8. The molecule has 0 aliphatic heterocycles. The Hall–Kier alpha value is -5.66. The third-order valence-corrected chi connectivity index (χ3v) is 8.84. The molecule has 0 amide bonds. The third-order valence-electron chi connectivity index (χ3n) is 8.84. The van der Waals surface area contributed by atoms with Gasteiger partial charge in [0.15, 0.2) is 0 Å². The zero-order chi connectivity index (χ0) is 28.3. The Bertz CT molecular complexity index is 2440. The first kappa shape index (κ1) is 24.0. The molecule has 0 saturated heterocycles. The number of hydrogen-bond donors (Lipinski definition) is 0. The van der Waals surface area contributed by atoms with Gasteiger partial charge in [0.2, 0.25) is 0 Å². The Labute approximate surface area is 249 Å². The van der Waals surface area contributed by atoms with Gasteiger partial charge in [-0.1, -0.05) is 133 Å². The number of hydrogen-bond acceptors (Lipinski definition) is 1. The lowest BCUT2D eigenvalue weighted by molar-refractivity contribution is 0.672. The summed E-state index contributed by atoms with van der Waals surface area (Å²) in [6.07, 6.45) is 0. The van der Waals surface area contributed by atoms with Gasteiger partial charge in [-0.15, -0.1) is 0 Å². The molecular formula is C42H26O. The highest BCUT2D eigenvalue weighted by atomic mass is 16.3. The van der Waals surface area contributed by atoms with E-state index >= 15 is 0 Å². The fourth-order valence-corrected chi connectivity index (χ4v) is 6.90. The number of fused-ring (bicyclic) bond motifs is 7. The summed E-state index contributed by atoms with van der Waals surface area (Å²) in [4.78, 5) is 0. The predicted molar refractivity (Wildman–Crippen MR) is 183 cm³/mol. The van der Waals surface area contributed by atoms with Crippen molar-refractivity contribution in [1.29, 1.82) is 0 Å². The van der Waals surface area contributed by atoms with Crippen molar-refractivity contribution in [3.8, 4) is 33.4 Å². The van der Waals surface area contributed by atoms with Gasteiger partial charge >= 0.3 is 0 Å². The van der Waals surface area contributed by atoms with Crippen LogP contribution in [0, 0.1) is 0 Å². The second kappa shape index (κ2) is 9.44. The molecule has 9 rings (SSSR count). The van der Waals surface area contributed by atoms with Crippen LogP contribution in [0.4, 0.5) is 0 Å². The van der Waals surface area contributed by atoms with Gasteiger partial charge in [-0.25, -0.2) is 0 Å². The molecule has 0 atom stereocenters. The molecule has 0 unspecified atom stereocenters. The van der Waals surface area contributed by atoms with E-state index < -0.39 is 0 Å². The van der Waals surface area contributed by atoms with Crippen LogP contribution < -0.4 is 0 Å². The van der Waals surface area contributed by atoms with E-state index in [1.54, 1.807) is 0 Å². The van der Waals surface area contributed by atoms with Gasteiger partial charge in [0.1, 0.15) is 11.2 Å². The van der Waals surface area contributed by atoms with Crippen LogP contribution in [0.2, 0.25) is 0 Å². The summed E-state index contributed by atoms with van der Waals surface area (Å²) in [5.74, 6) is 0. The van der Waals surface area contributed by atoms with Crippen LogP contribution in [0.5, 0.6) is 0 Å². The van der Waals surface area contributed by atoms with Crippen molar-refractivity contribution in [2.24, 2.45) is 0 Å². The summed E-state index contributed by atoms with van der Waals surface area (Å²) < 4.78 is 6.46. The molecule has 1 nitrogen and oxygen atoms in total. The largest absolute Gasteiger partial charge is 0.455 e. The van der Waals surface area contributed by atoms with Gasteiger partial charge in [-0.3, -0.25) is 0 Å². The van der Waals surface area contributed by atoms with E-state index in [1.165, 1.54) is 60.3 Å². The van der Waals surface area contributed by atoms with Crippen molar-refractivity contribution in [3.05, 3.63) is 158 Å².